The lowest BCUT2D eigenvalue weighted by molar-refractivity contribution is -0.120. The largest absolute Gasteiger partial charge is 0.344 e. The number of hydrogen-bond acceptors (Lipinski definition) is 3. The summed E-state index contributed by atoms with van der Waals surface area (Å²) in [6.07, 6.45) is 0.283. The van der Waals surface area contributed by atoms with Crippen LogP contribution in [0.15, 0.2) is 58.6 Å². The Balaban J connectivity index is 1.77. The average Bonchev–Trinajstić information content (AvgIpc) is 3.21. The van der Waals surface area contributed by atoms with E-state index in [2.05, 4.69) is 10.7 Å². The van der Waals surface area contributed by atoms with E-state index in [1.807, 2.05) is 47.2 Å². The molecule has 1 atom stereocenters. The number of hydrogen-bond donors (Lipinski definition) is 1. The first kappa shape index (κ1) is 15.3. The molecule has 1 amide bonds. The average molecular weight is 348 g/mol. The molecule has 0 saturated heterocycles. The van der Waals surface area contributed by atoms with Crippen LogP contribution in [-0.4, -0.2) is 5.91 Å². The number of amides is 1. The highest BCUT2D eigenvalue weighted by molar-refractivity contribution is 7.10. The highest BCUT2D eigenvalue weighted by atomic mass is 35.5. The van der Waals surface area contributed by atoms with Gasteiger partial charge in [0, 0.05) is 9.90 Å². The van der Waals surface area contributed by atoms with Crippen molar-refractivity contribution in [3.63, 3.8) is 0 Å². The third kappa shape index (κ3) is 3.58. The van der Waals surface area contributed by atoms with Gasteiger partial charge in [-0.05, 0) is 45.5 Å². The van der Waals surface area contributed by atoms with Gasteiger partial charge in [-0.2, -0.15) is 11.3 Å². The van der Waals surface area contributed by atoms with Gasteiger partial charge in [-0.3, -0.25) is 4.79 Å². The Labute approximate surface area is 142 Å². The second-order valence-electron chi connectivity index (χ2n) is 4.84. The minimum atomic E-state index is -0.0961. The molecule has 22 heavy (non-hydrogen) atoms. The molecule has 2 aromatic heterocycles. The molecule has 0 aliphatic carbocycles. The van der Waals surface area contributed by atoms with Crippen molar-refractivity contribution < 1.29 is 4.79 Å². The van der Waals surface area contributed by atoms with E-state index in [0.717, 1.165) is 16.0 Å². The summed E-state index contributed by atoms with van der Waals surface area (Å²) in [6.45, 7) is 0. The SMILES string of the molecule is O=C(Cc1ccccc1Cl)N[C@H](c1ccsc1)c1cccs1. The molecular weight excluding hydrogens is 334 g/mol. The quantitative estimate of drug-likeness (QED) is 0.698. The lowest BCUT2D eigenvalue weighted by Crippen LogP contribution is -2.29. The molecule has 2 heterocycles. The van der Waals surface area contributed by atoms with Crippen molar-refractivity contribution in [2.75, 3.05) is 0 Å². The second kappa shape index (κ2) is 7.09. The number of benzene rings is 1. The lowest BCUT2D eigenvalue weighted by atomic mass is 10.1. The molecule has 2 nitrogen and oxygen atoms in total. The van der Waals surface area contributed by atoms with Crippen LogP contribution in [0, 0.1) is 0 Å². The number of rotatable bonds is 5. The molecular formula is C17H14ClNOS2. The topological polar surface area (TPSA) is 29.1 Å². The Morgan fingerprint density at radius 1 is 1.14 bits per heavy atom. The maximum absolute atomic E-state index is 12.4. The van der Waals surface area contributed by atoms with E-state index in [0.29, 0.717) is 5.02 Å². The maximum Gasteiger partial charge on any atom is 0.225 e. The molecule has 0 saturated carbocycles. The fraction of sp³-hybridized carbons (Fsp3) is 0.118. The molecule has 3 rings (SSSR count). The minimum absolute atomic E-state index is 0.0299. The molecule has 3 aromatic rings. The predicted molar refractivity (Wildman–Crippen MR) is 93.8 cm³/mol. The second-order valence-corrected chi connectivity index (χ2v) is 7.01. The molecule has 0 aliphatic heterocycles. The predicted octanol–water partition coefficient (Wildman–Crippen LogP) is 4.91. The third-order valence-electron chi connectivity index (χ3n) is 3.32. The summed E-state index contributed by atoms with van der Waals surface area (Å²) in [5.74, 6) is -0.0299. The van der Waals surface area contributed by atoms with Crippen LogP contribution in [0.2, 0.25) is 5.02 Å². The van der Waals surface area contributed by atoms with E-state index in [4.69, 9.17) is 11.6 Å². The summed E-state index contributed by atoms with van der Waals surface area (Å²) < 4.78 is 0. The van der Waals surface area contributed by atoms with Crippen molar-refractivity contribution in [3.05, 3.63) is 79.6 Å². The van der Waals surface area contributed by atoms with Crippen molar-refractivity contribution in [3.8, 4) is 0 Å². The van der Waals surface area contributed by atoms with Crippen molar-refractivity contribution in [2.24, 2.45) is 0 Å². The zero-order valence-electron chi connectivity index (χ0n) is 11.7. The van der Waals surface area contributed by atoms with E-state index in [9.17, 15) is 4.79 Å². The van der Waals surface area contributed by atoms with Crippen molar-refractivity contribution >= 4 is 40.2 Å². The maximum atomic E-state index is 12.4. The Kier molecular flexibility index (Phi) is 4.93. The molecule has 0 unspecified atom stereocenters. The van der Waals surface area contributed by atoms with Crippen LogP contribution >= 0.6 is 34.3 Å². The zero-order chi connectivity index (χ0) is 15.4. The van der Waals surface area contributed by atoms with Crippen LogP contribution in [0.1, 0.15) is 22.0 Å². The first-order valence-corrected chi connectivity index (χ1v) is 9.02. The summed E-state index contributed by atoms with van der Waals surface area (Å²) in [6, 6.07) is 13.4. The van der Waals surface area contributed by atoms with Gasteiger partial charge in [0.25, 0.3) is 0 Å². The number of carbonyl (C=O) groups excluding carboxylic acids is 1. The molecule has 1 aromatic carbocycles. The van der Waals surface area contributed by atoms with Gasteiger partial charge in [0.15, 0.2) is 0 Å². The molecule has 0 bridgehead atoms. The molecule has 0 fully saturated rings. The number of halogens is 1. The lowest BCUT2D eigenvalue weighted by Gasteiger charge is -2.17. The fourth-order valence-electron chi connectivity index (χ4n) is 2.24. The van der Waals surface area contributed by atoms with Gasteiger partial charge < -0.3 is 5.32 Å². The Bertz CT molecular complexity index is 704. The van der Waals surface area contributed by atoms with Gasteiger partial charge in [-0.25, -0.2) is 0 Å². The highest BCUT2D eigenvalue weighted by Gasteiger charge is 2.18. The molecule has 112 valence electrons. The number of thiophene rings is 2. The molecule has 0 radical (unpaired) electrons. The molecule has 0 aliphatic rings. The first-order valence-electron chi connectivity index (χ1n) is 6.82. The standard InChI is InChI=1S/C17H14ClNOS2/c18-14-5-2-1-4-12(14)10-16(20)19-17(13-7-9-21-11-13)15-6-3-8-22-15/h1-9,11,17H,10H2,(H,19,20)/t17-/m1/s1. The fourth-order valence-corrected chi connectivity index (χ4v) is 3.93. The zero-order valence-corrected chi connectivity index (χ0v) is 14.0. The van der Waals surface area contributed by atoms with Crippen molar-refractivity contribution in [1.29, 1.82) is 0 Å². The first-order chi connectivity index (χ1) is 10.7. The van der Waals surface area contributed by atoms with Gasteiger partial charge in [0.2, 0.25) is 5.91 Å². The van der Waals surface area contributed by atoms with E-state index >= 15 is 0 Å². The Morgan fingerprint density at radius 3 is 2.68 bits per heavy atom. The summed E-state index contributed by atoms with van der Waals surface area (Å²) in [5, 5.41) is 9.86. The van der Waals surface area contributed by atoms with Crippen LogP contribution in [0.5, 0.6) is 0 Å². The van der Waals surface area contributed by atoms with E-state index in [1.54, 1.807) is 28.7 Å². The van der Waals surface area contributed by atoms with Crippen LogP contribution < -0.4 is 5.32 Å². The normalized spacial score (nSPS) is 12.0. The Hall–Kier alpha value is -1.62. The van der Waals surface area contributed by atoms with Crippen LogP contribution in [0.4, 0.5) is 0 Å². The van der Waals surface area contributed by atoms with Crippen molar-refractivity contribution in [2.45, 2.75) is 12.5 Å². The third-order valence-corrected chi connectivity index (χ3v) is 5.33. The molecule has 0 spiro atoms. The van der Waals surface area contributed by atoms with Crippen LogP contribution in [0.25, 0.3) is 0 Å². The van der Waals surface area contributed by atoms with Gasteiger partial charge in [0.1, 0.15) is 0 Å². The minimum Gasteiger partial charge on any atom is -0.344 e. The molecule has 5 heteroatoms. The summed E-state index contributed by atoms with van der Waals surface area (Å²) >= 11 is 9.40. The van der Waals surface area contributed by atoms with E-state index in [-0.39, 0.29) is 18.4 Å². The van der Waals surface area contributed by atoms with Crippen LogP contribution in [-0.2, 0) is 11.2 Å². The monoisotopic (exact) mass is 347 g/mol. The van der Waals surface area contributed by atoms with E-state index in [1.165, 1.54) is 0 Å². The van der Waals surface area contributed by atoms with Crippen LogP contribution in [0.3, 0.4) is 0 Å². The van der Waals surface area contributed by atoms with E-state index < -0.39 is 0 Å². The van der Waals surface area contributed by atoms with Crippen molar-refractivity contribution in [1.82, 2.24) is 5.32 Å². The number of carbonyl (C=O) groups is 1. The summed E-state index contributed by atoms with van der Waals surface area (Å²) in [7, 11) is 0. The van der Waals surface area contributed by atoms with Gasteiger partial charge in [0.05, 0.1) is 12.5 Å². The molecule has 1 N–H and O–H groups in total. The van der Waals surface area contributed by atoms with Gasteiger partial charge in [-0.15, -0.1) is 11.3 Å². The summed E-state index contributed by atoms with van der Waals surface area (Å²) in [5.41, 5.74) is 1.96. The summed E-state index contributed by atoms with van der Waals surface area (Å²) in [4.78, 5) is 13.5. The smallest absolute Gasteiger partial charge is 0.225 e. The Morgan fingerprint density at radius 2 is 2.00 bits per heavy atom. The number of nitrogens with one attached hydrogen (secondary N) is 1. The van der Waals surface area contributed by atoms with Gasteiger partial charge >= 0.3 is 0 Å². The van der Waals surface area contributed by atoms with Gasteiger partial charge in [-0.1, -0.05) is 35.9 Å². The highest BCUT2D eigenvalue weighted by Crippen LogP contribution is 2.27.